The predicted molar refractivity (Wildman–Crippen MR) is 44.4 cm³/mol. The van der Waals surface area contributed by atoms with Gasteiger partial charge in [0.05, 0.1) is 6.61 Å². The third-order valence-corrected chi connectivity index (χ3v) is 1.83. The molecule has 0 aliphatic heterocycles. The fourth-order valence-electron chi connectivity index (χ4n) is 0.806. The van der Waals surface area contributed by atoms with Gasteiger partial charge in [0.2, 0.25) is 5.67 Å². The fraction of sp³-hybridized carbons (Fsp3) is 0.875. The van der Waals surface area contributed by atoms with E-state index in [-0.39, 0.29) is 13.2 Å². The fourth-order valence-corrected chi connectivity index (χ4v) is 0.806. The van der Waals surface area contributed by atoms with E-state index in [1.807, 2.05) is 0 Å². The minimum atomic E-state index is -2.03. The number of hydrogen-bond donors (Lipinski definition) is 1. The largest absolute Gasteiger partial charge is 0.464 e. The van der Waals surface area contributed by atoms with Gasteiger partial charge in [-0.15, -0.1) is 0 Å². The van der Waals surface area contributed by atoms with Gasteiger partial charge in [0, 0.05) is 6.54 Å². The van der Waals surface area contributed by atoms with Gasteiger partial charge < -0.3 is 10.5 Å². The van der Waals surface area contributed by atoms with E-state index in [1.165, 1.54) is 0 Å². The van der Waals surface area contributed by atoms with Crippen LogP contribution in [-0.4, -0.2) is 24.8 Å². The lowest BCUT2D eigenvalue weighted by atomic mass is 9.92. The van der Waals surface area contributed by atoms with Gasteiger partial charge in [0.25, 0.3) is 0 Å². The molecule has 0 amide bonds. The number of carbonyl (C=O) groups excluding carboxylic acids is 1. The standard InChI is InChI=1S/C8H16FNO2/c1-4-12-7(11)8(9,5-10)6(2)3/h6H,4-5,10H2,1-3H3. The zero-order valence-electron chi connectivity index (χ0n) is 7.76. The van der Waals surface area contributed by atoms with Crippen LogP contribution in [0.25, 0.3) is 0 Å². The van der Waals surface area contributed by atoms with Crippen LogP contribution in [0.2, 0.25) is 0 Å². The molecule has 0 bridgehead atoms. The van der Waals surface area contributed by atoms with Gasteiger partial charge in [-0.25, -0.2) is 9.18 Å². The summed E-state index contributed by atoms with van der Waals surface area (Å²) in [6.45, 7) is 4.68. The van der Waals surface area contributed by atoms with E-state index in [1.54, 1.807) is 20.8 Å². The highest BCUT2D eigenvalue weighted by molar-refractivity contribution is 5.80. The predicted octanol–water partition coefficient (Wildman–Crippen LogP) is 0.872. The maximum atomic E-state index is 13.6. The van der Waals surface area contributed by atoms with Crippen molar-refractivity contribution in [3.8, 4) is 0 Å². The van der Waals surface area contributed by atoms with E-state index < -0.39 is 17.6 Å². The molecule has 0 saturated carbocycles. The van der Waals surface area contributed by atoms with Gasteiger partial charge in [0.15, 0.2) is 0 Å². The van der Waals surface area contributed by atoms with Crippen LogP contribution in [0.15, 0.2) is 0 Å². The highest BCUT2D eigenvalue weighted by Gasteiger charge is 2.42. The molecule has 4 heteroatoms. The molecule has 0 heterocycles. The van der Waals surface area contributed by atoms with Crippen molar-refractivity contribution < 1.29 is 13.9 Å². The third kappa shape index (κ3) is 2.17. The highest BCUT2D eigenvalue weighted by atomic mass is 19.1. The molecule has 3 nitrogen and oxygen atoms in total. The Morgan fingerprint density at radius 2 is 2.17 bits per heavy atom. The summed E-state index contributed by atoms with van der Waals surface area (Å²) in [4.78, 5) is 11.1. The zero-order chi connectivity index (χ0) is 9.78. The average Bonchev–Trinajstić information content (AvgIpc) is 2.03. The first-order chi connectivity index (χ1) is 5.49. The van der Waals surface area contributed by atoms with E-state index in [2.05, 4.69) is 4.74 Å². The Hall–Kier alpha value is -0.640. The molecular formula is C8H16FNO2. The Balaban J connectivity index is 4.40. The van der Waals surface area contributed by atoms with E-state index in [0.717, 1.165) is 0 Å². The zero-order valence-corrected chi connectivity index (χ0v) is 7.76. The summed E-state index contributed by atoms with van der Waals surface area (Å²) in [5.41, 5.74) is 3.13. The molecule has 72 valence electrons. The van der Waals surface area contributed by atoms with E-state index >= 15 is 0 Å². The lowest BCUT2D eigenvalue weighted by molar-refractivity contribution is -0.159. The first-order valence-electron chi connectivity index (χ1n) is 4.05. The van der Waals surface area contributed by atoms with Crippen molar-refractivity contribution in [2.75, 3.05) is 13.2 Å². The maximum Gasteiger partial charge on any atom is 0.345 e. The number of carbonyl (C=O) groups is 1. The SMILES string of the molecule is CCOC(=O)C(F)(CN)C(C)C. The topological polar surface area (TPSA) is 52.3 Å². The number of hydrogen-bond acceptors (Lipinski definition) is 3. The van der Waals surface area contributed by atoms with Crippen molar-refractivity contribution >= 4 is 5.97 Å². The molecule has 0 fully saturated rings. The van der Waals surface area contributed by atoms with Crippen molar-refractivity contribution in [3.63, 3.8) is 0 Å². The summed E-state index contributed by atoms with van der Waals surface area (Å²) in [5.74, 6) is -1.32. The van der Waals surface area contributed by atoms with Crippen molar-refractivity contribution in [2.45, 2.75) is 26.4 Å². The van der Waals surface area contributed by atoms with Gasteiger partial charge in [-0.3, -0.25) is 0 Å². The van der Waals surface area contributed by atoms with Gasteiger partial charge in [-0.05, 0) is 12.8 Å². The number of halogens is 1. The number of nitrogens with two attached hydrogens (primary N) is 1. The summed E-state index contributed by atoms with van der Waals surface area (Å²) in [5, 5.41) is 0. The quantitative estimate of drug-likeness (QED) is 0.648. The van der Waals surface area contributed by atoms with Crippen molar-refractivity contribution in [3.05, 3.63) is 0 Å². The van der Waals surface area contributed by atoms with Crippen LogP contribution in [0.5, 0.6) is 0 Å². The molecular weight excluding hydrogens is 161 g/mol. The second-order valence-electron chi connectivity index (χ2n) is 2.94. The monoisotopic (exact) mass is 177 g/mol. The molecule has 12 heavy (non-hydrogen) atoms. The summed E-state index contributed by atoms with van der Waals surface area (Å²) in [7, 11) is 0. The minimum Gasteiger partial charge on any atom is -0.464 e. The first kappa shape index (κ1) is 11.4. The van der Waals surface area contributed by atoms with E-state index in [0.29, 0.717) is 0 Å². The van der Waals surface area contributed by atoms with Gasteiger partial charge in [-0.1, -0.05) is 13.8 Å². The molecule has 2 N–H and O–H groups in total. The van der Waals surface area contributed by atoms with Crippen LogP contribution in [0.4, 0.5) is 4.39 Å². The number of ether oxygens (including phenoxy) is 1. The van der Waals surface area contributed by atoms with Crippen LogP contribution in [0.1, 0.15) is 20.8 Å². The second kappa shape index (κ2) is 4.40. The summed E-state index contributed by atoms with van der Waals surface area (Å²) >= 11 is 0. The van der Waals surface area contributed by atoms with Crippen LogP contribution < -0.4 is 5.73 Å². The van der Waals surface area contributed by atoms with Gasteiger partial charge in [0.1, 0.15) is 0 Å². The summed E-state index contributed by atoms with van der Waals surface area (Å²) < 4.78 is 18.2. The van der Waals surface area contributed by atoms with Crippen LogP contribution in [0.3, 0.4) is 0 Å². The molecule has 0 aromatic rings. The van der Waals surface area contributed by atoms with Crippen molar-refractivity contribution in [1.29, 1.82) is 0 Å². The molecule has 1 atom stereocenters. The third-order valence-electron chi connectivity index (χ3n) is 1.83. The Morgan fingerprint density at radius 1 is 1.67 bits per heavy atom. The molecule has 0 radical (unpaired) electrons. The van der Waals surface area contributed by atoms with Crippen molar-refractivity contribution in [1.82, 2.24) is 0 Å². The van der Waals surface area contributed by atoms with Crippen LogP contribution in [-0.2, 0) is 9.53 Å². The molecule has 0 spiro atoms. The molecule has 0 aliphatic rings. The number of alkyl halides is 1. The molecule has 0 aromatic heterocycles. The Bertz CT molecular complexity index is 161. The number of esters is 1. The molecule has 0 rings (SSSR count). The molecule has 1 unspecified atom stereocenters. The molecule has 0 aromatic carbocycles. The van der Waals surface area contributed by atoms with Crippen LogP contribution >= 0.6 is 0 Å². The number of rotatable bonds is 4. The summed E-state index contributed by atoms with van der Waals surface area (Å²) in [6.07, 6.45) is 0. The lowest BCUT2D eigenvalue weighted by Crippen LogP contribution is -2.47. The Kier molecular flexibility index (Phi) is 4.17. The van der Waals surface area contributed by atoms with E-state index in [9.17, 15) is 9.18 Å². The molecule has 0 saturated heterocycles. The van der Waals surface area contributed by atoms with Gasteiger partial charge in [-0.2, -0.15) is 0 Å². The van der Waals surface area contributed by atoms with E-state index in [4.69, 9.17) is 5.73 Å². The van der Waals surface area contributed by atoms with Gasteiger partial charge >= 0.3 is 5.97 Å². The van der Waals surface area contributed by atoms with Crippen molar-refractivity contribution in [2.24, 2.45) is 11.7 Å². The smallest absolute Gasteiger partial charge is 0.345 e. The average molecular weight is 177 g/mol. The first-order valence-corrected chi connectivity index (χ1v) is 4.05. The Morgan fingerprint density at radius 3 is 2.42 bits per heavy atom. The highest BCUT2D eigenvalue weighted by Crippen LogP contribution is 2.22. The second-order valence-corrected chi connectivity index (χ2v) is 2.94. The maximum absolute atomic E-state index is 13.6. The Labute approximate surface area is 72.1 Å². The van der Waals surface area contributed by atoms with Crippen LogP contribution in [0, 0.1) is 5.92 Å². The lowest BCUT2D eigenvalue weighted by Gasteiger charge is -2.24. The minimum absolute atomic E-state index is 0.178. The normalized spacial score (nSPS) is 15.8. The molecule has 0 aliphatic carbocycles. The summed E-state index contributed by atoms with van der Waals surface area (Å²) in [6, 6.07) is 0.